The van der Waals surface area contributed by atoms with Crippen LogP contribution in [0, 0.1) is 3.70 Å². The highest BCUT2D eigenvalue weighted by atomic mass is 127. The van der Waals surface area contributed by atoms with Crippen LogP contribution in [0.15, 0.2) is 6.20 Å². The van der Waals surface area contributed by atoms with Crippen LogP contribution < -0.4 is 0 Å². The van der Waals surface area contributed by atoms with E-state index in [0.717, 1.165) is 0 Å². The number of alkyl halides is 2. The third-order valence-electron chi connectivity index (χ3n) is 1.18. The second kappa shape index (κ2) is 4.02. The van der Waals surface area contributed by atoms with Gasteiger partial charge in [0.1, 0.15) is 3.70 Å². The summed E-state index contributed by atoms with van der Waals surface area (Å²) in [5.74, 6) is 0. The Morgan fingerprint density at radius 1 is 1.42 bits per heavy atom. The maximum atomic E-state index is 12.3. The van der Waals surface area contributed by atoms with Gasteiger partial charge in [0.25, 0.3) is 6.43 Å². The summed E-state index contributed by atoms with van der Waals surface area (Å²) in [5.41, 5.74) is -0.301. The van der Waals surface area contributed by atoms with Gasteiger partial charge in [-0.15, -0.1) is 0 Å². The number of rotatable bonds is 1. The lowest BCUT2D eigenvalue weighted by Gasteiger charge is -2.05. The molecule has 12 heavy (non-hydrogen) atoms. The predicted octanol–water partition coefficient (Wildman–Crippen LogP) is 3.93. The van der Waals surface area contributed by atoms with Crippen LogP contribution >= 0.6 is 45.8 Å². The highest BCUT2D eigenvalue weighted by molar-refractivity contribution is 14.1. The number of nitrogens with zero attached hydrogens (tertiary/aromatic N) is 1. The van der Waals surface area contributed by atoms with Crippen LogP contribution in [0.3, 0.4) is 0 Å². The van der Waals surface area contributed by atoms with Crippen molar-refractivity contribution < 1.29 is 8.78 Å². The van der Waals surface area contributed by atoms with Crippen LogP contribution in [-0.2, 0) is 0 Å². The van der Waals surface area contributed by atoms with E-state index in [1.165, 1.54) is 6.20 Å². The van der Waals surface area contributed by atoms with Crippen LogP contribution in [0.4, 0.5) is 8.78 Å². The van der Waals surface area contributed by atoms with Crippen molar-refractivity contribution in [1.82, 2.24) is 4.98 Å². The Morgan fingerprint density at radius 2 is 2.00 bits per heavy atom. The van der Waals surface area contributed by atoms with E-state index in [0.29, 0.717) is 0 Å². The first-order chi connectivity index (χ1) is 5.54. The minimum Gasteiger partial charge on any atom is -0.248 e. The fourth-order valence-electron chi connectivity index (χ4n) is 0.645. The van der Waals surface area contributed by atoms with Gasteiger partial charge in [0.05, 0.1) is 15.6 Å². The van der Waals surface area contributed by atoms with E-state index >= 15 is 0 Å². The Morgan fingerprint density at radius 3 is 2.42 bits per heavy atom. The minimum atomic E-state index is -2.64. The van der Waals surface area contributed by atoms with E-state index in [1.807, 2.05) is 0 Å². The fraction of sp³-hybridized carbons (Fsp3) is 0.167. The van der Waals surface area contributed by atoms with Gasteiger partial charge < -0.3 is 0 Å². The molecule has 6 heteroatoms. The van der Waals surface area contributed by atoms with Crippen molar-refractivity contribution in [3.63, 3.8) is 0 Å². The summed E-state index contributed by atoms with van der Waals surface area (Å²) in [6.45, 7) is 0. The summed E-state index contributed by atoms with van der Waals surface area (Å²) in [4.78, 5) is 3.65. The number of hydrogen-bond acceptors (Lipinski definition) is 1. The SMILES string of the molecule is FC(F)c1c(I)ncc(Cl)c1Cl. The summed E-state index contributed by atoms with van der Waals surface area (Å²) in [6.07, 6.45) is -1.40. The largest absolute Gasteiger partial charge is 0.267 e. The zero-order valence-electron chi connectivity index (χ0n) is 5.49. The van der Waals surface area contributed by atoms with Gasteiger partial charge in [0, 0.05) is 6.20 Å². The molecule has 0 radical (unpaired) electrons. The highest BCUT2D eigenvalue weighted by Gasteiger charge is 2.18. The highest BCUT2D eigenvalue weighted by Crippen LogP contribution is 2.34. The minimum absolute atomic E-state index is 0.0485. The second-order valence-electron chi connectivity index (χ2n) is 1.93. The maximum Gasteiger partial charge on any atom is 0.267 e. The summed E-state index contributed by atoms with van der Waals surface area (Å²) in [5, 5.41) is -0.0709. The van der Waals surface area contributed by atoms with Gasteiger partial charge >= 0.3 is 0 Å². The van der Waals surface area contributed by atoms with E-state index in [1.54, 1.807) is 22.6 Å². The van der Waals surface area contributed by atoms with Crippen molar-refractivity contribution in [3.8, 4) is 0 Å². The molecule has 0 aromatic carbocycles. The van der Waals surface area contributed by atoms with E-state index in [9.17, 15) is 8.78 Å². The van der Waals surface area contributed by atoms with Crippen LogP contribution in [0.5, 0.6) is 0 Å². The molecule has 0 amide bonds. The topological polar surface area (TPSA) is 12.9 Å². The Kier molecular flexibility index (Phi) is 3.48. The lowest BCUT2D eigenvalue weighted by atomic mass is 10.3. The van der Waals surface area contributed by atoms with Crippen molar-refractivity contribution in [1.29, 1.82) is 0 Å². The molecule has 0 N–H and O–H groups in total. The van der Waals surface area contributed by atoms with Gasteiger partial charge in [0.2, 0.25) is 0 Å². The third kappa shape index (κ3) is 1.97. The first-order valence-electron chi connectivity index (χ1n) is 2.81. The van der Waals surface area contributed by atoms with Crippen LogP contribution in [0.2, 0.25) is 10.0 Å². The molecule has 1 rings (SSSR count). The third-order valence-corrected chi connectivity index (χ3v) is 2.83. The number of pyridine rings is 1. The molecule has 1 heterocycles. The van der Waals surface area contributed by atoms with Gasteiger partial charge in [-0.05, 0) is 22.6 Å². The number of aromatic nitrogens is 1. The van der Waals surface area contributed by atoms with Gasteiger partial charge in [-0.1, -0.05) is 23.2 Å². The van der Waals surface area contributed by atoms with Gasteiger partial charge in [-0.25, -0.2) is 13.8 Å². The van der Waals surface area contributed by atoms with Gasteiger partial charge in [-0.2, -0.15) is 0 Å². The van der Waals surface area contributed by atoms with E-state index in [2.05, 4.69) is 4.98 Å². The van der Waals surface area contributed by atoms with Crippen LogP contribution in [-0.4, -0.2) is 4.98 Å². The van der Waals surface area contributed by atoms with Crippen molar-refractivity contribution in [2.24, 2.45) is 0 Å². The Labute approximate surface area is 91.2 Å². The van der Waals surface area contributed by atoms with E-state index in [-0.39, 0.29) is 19.3 Å². The average Bonchev–Trinajstić information content (AvgIpc) is 1.97. The molecule has 0 aliphatic rings. The monoisotopic (exact) mass is 323 g/mol. The Hall–Kier alpha value is 0.320. The quantitative estimate of drug-likeness (QED) is 0.563. The molecule has 0 fully saturated rings. The van der Waals surface area contributed by atoms with Crippen LogP contribution in [0.1, 0.15) is 12.0 Å². The lowest BCUT2D eigenvalue weighted by molar-refractivity contribution is 0.150. The Balaban J connectivity index is 3.33. The van der Waals surface area contributed by atoms with E-state index in [4.69, 9.17) is 23.2 Å². The molecule has 0 atom stereocenters. The molecule has 0 aliphatic carbocycles. The zero-order chi connectivity index (χ0) is 9.30. The first-order valence-corrected chi connectivity index (χ1v) is 4.65. The molecular weight excluding hydrogens is 322 g/mol. The van der Waals surface area contributed by atoms with Gasteiger partial charge in [0.15, 0.2) is 0 Å². The molecule has 0 saturated carbocycles. The molecule has 1 aromatic heterocycles. The van der Waals surface area contributed by atoms with Crippen molar-refractivity contribution in [2.75, 3.05) is 0 Å². The lowest BCUT2D eigenvalue weighted by Crippen LogP contribution is -1.94. The molecule has 0 unspecified atom stereocenters. The molecule has 0 aliphatic heterocycles. The normalized spacial score (nSPS) is 10.8. The number of halogens is 5. The summed E-state index contributed by atoms with van der Waals surface area (Å²) >= 11 is 12.7. The van der Waals surface area contributed by atoms with Crippen molar-refractivity contribution in [3.05, 3.63) is 25.5 Å². The molecule has 0 spiro atoms. The van der Waals surface area contributed by atoms with Gasteiger partial charge in [-0.3, -0.25) is 0 Å². The fourth-order valence-corrected chi connectivity index (χ4v) is 1.82. The molecule has 66 valence electrons. The first kappa shape index (κ1) is 10.4. The zero-order valence-corrected chi connectivity index (χ0v) is 9.16. The van der Waals surface area contributed by atoms with Crippen molar-refractivity contribution >= 4 is 45.8 Å². The van der Waals surface area contributed by atoms with E-state index < -0.39 is 6.43 Å². The summed E-state index contributed by atoms with van der Waals surface area (Å²) < 4.78 is 24.7. The predicted molar refractivity (Wildman–Crippen MR) is 51.9 cm³/mol. The second-order valence-corrected chi connectivity index (χ2v) is 3.73. The summed E-state index contributed by atoms with van der Waals surface area (Å²) in [7, 11) is 0. The molecule has 0 saturated heterocycles. The summed E-state index contributed by atoms with van der Waals surface area (Å²) in [6, 6.07) is 0. The standard InChI is InChI=1S/C6H2Cl2F2IN/c7-2-1-12-6(11)3(4(2)8)5(9)10/h1,5H. The maximum absolute atomic E-state index is 12.3. The Bertz CT molecular complexity index is 306. The van der Waals surface area contributed by atoms with Crippen molar-refractivity contribution in [2.45, 2.75) is 6.43 Å². The molecular formula is C6H2Cl2F2IN. The van der Waals surface area contributed by atoms with Crippen LogP contribution in [0.25, 0.3) is 0 Å². The number of hydrogen-bond donors (Lipinski definition) is 0. The average molecular weight is 324 g/mol. The molecule has 1 nitrogen and oxygen atoms in total. The molecule has 1 aromatic rings. The molecule has 0 bridgehead atoms. The smallest absolute Gasteiger partial charge is 0.248 e.